The van der Waals surface area contributed by atoms with Crippen molar-refractivity contribution in [3.63, 3.8) is 0 Å². The van der Waals surface area contributed by atoms with E-state index in [0.717, 1.165) is 12.8 Å². The van der Waals surface area contributed by atoms with Gasteiger partial charge in [0, 0.05) is 11.7 Å². The summed E-state index contributed by atoms with van der Waals surface area (Å²) in [5.74, 6) is 1.77. The maximum Gasteiger partial charge on any atom is 0.319 e. The Balaban J connectivity index is 1.74. The van der Waals surface area contributed by atoms with Gasteiger partial charge >= 0.3 is 6.03 Å². The number of hydrogen-bond acceptors (Lipinski definition) is 5. The molecule has 1 aromatic carbocycles. The summed E-state index contributed by atoms with van der Waals surface area (Å²) >= 11 is 0. The topological polar surface area (TPSA) is 94.0 Å². The lowest BCUT2D eigenvalue weighted by Crippen LogP contribution is -2.43. The largest absolute Gasteiger partial charge is 0.494 e. The molecule has 2 aromatic rings. The van der Waals surface area contributed by atoms with Crippen LogP contribution >= 0.6 is 0 Å². The van der Waals surface area contributed by atoms with Gasteiger partial charge in [-0.25, -0.2) is 4.79 Å². The van der Waals surface area contributed by atoms with Gasteiger partial charge in [0.05, 0.1) is 7.11 Å². The minimum Gasteiger partial charge on any atom is -0.494 e. The molecule has 25 heavy (non-hydrogen) atoms. The van der Waals surface area contributed by atoms with Gasteiger partial charge in [0.1, 0.15) is 11.4 Å². The molecule has 134 valence electrons. The summed E-state index contributed by atoms with van der Waals surface area (Å²) in [6.45, 7) is 3.99. The van der Waals surface area contributed by atoms with E-state index in [4.69, 9.17) is 4.74 Å². The summed E-state index contributed by atoms with van der Waals surface area (Å²) < 4.78 is 6.95. The maximum absolute atomic E-state index is 12.3. The van der Waals surface area contributed by atoms with Crippen LogP contribution in [0.15, 0.2) is 18.2 Å². The van der Waals surface area contributed by atoms with Crippen LogP contribution in [0, 0.1) is 12.8 Å². The van der Waals surface area contributed by atoms with E-state index in [1.165, 1.54) is 12.8 Å². The van der Waals surface area contributed by atoms with Gasteiger partial charge in [0.15, 0.2) is 5.82 Å². The molecule has 0 spiro atoms. The van der Waals surface area contributed by atoms with E-state index in [2.05, 4.69) is 33.1 Å². The van der Waals surface area contributed by atoms with Crippen LogP contribution in [-0.2, 0) is 0 Å². The van der Waals surface area contributed by atoms with Crippen molar-refractivity contribution in [2.45, 2.75) is 45.6 Å². The Morgan fingerprint density at radius 3 is 2.80 bits per heavy atom. The molecule has 1 aliphatic rings. The molecular formula is C17H24N6O2. The smallest absolute Gasteiger partial charge is 0.319 e. The number of ether oxygens (including phenoxy) is 1. The molecule has 1 aromatic heterocycles. The van der Waals surface area contributed by atoms with Gasteiger partial charge in [0.25, 0.3) is 0 Å². The van der Waals surface area contributed by atoms with E-state index < -0.39 is 0 Å². The molecule has 8 heteroatoms. The summed E-state index contributed by atoms with van der Waals surface area (Å²) in [4.78, 5) is 12.3. The molecule has 0 saturated heterocycles. The number of rotatable bonds is 4. The first kappa shape index (κ1) is 17.2. The van der Waals surface area contributed by atoms with Crippen LogP contribution in [0.2, 0.25) is 0 Å². The molecule has 1 aliphatic carbocycles. The number of methoxy groups -OCH3 is 1. The molecule has 2 atom stereocenters. The third kappa shape index (κ3) is 3.89. The second-order valence-corrected chi connectivity index (χ2v) is 6.49. The predicted octanol–water partition coefficient (Wildman–Crippen LogP) is 2.68. The summed E-state index contributed by atoms with van der Waals surface area (Å²) in [5.41, 5.74) is 1.33. The van der Waals surface area contributed by atoms with Gasteiger partial charge in [-0.15, -0.1) is 5.10 Å². The molecule has 0 radical (unpaired) electrons. The average Bonchev–Trinajstić information content (AvgIpc) is 3.03. The number of anilines is 1. The zero-order chi connectivity index (χ0) is 17.8. The number of carbonyl (C=O) groups is 1. The van der Waals surface area contributed by atoms with Crippen LogP contribution in [0.4, 0.5) is 10.5 Å². The fourth-order valence-electron chi connectivity index (χ4n) is 3.25. The molecule has 1 fully saturated rings. The standard InChI is InChI=1S/C17H24N6O2/c1-11-6-4-5-7-14(11)19-17(24)18-13-8-9-16(25-3)15(10-13)23-12(2)20-21-22-23/h8-11,14H,4-7H2,1-3H3,(H2,18,19,24)/t11-,14+/m0/s1. The second-order valence-electron chi connectivity index (χ2n) is 6.49. The van der Waals surface area contributed by atoms with Crippen molar-refractivity contribution < 1.29 is 9.53 Å². The maximum atomic E-state index is 12.3. The average molecular weight is 344 g/mol. The molecule has 1 heterocycles. The first-order valence-corrected chi connectivity index (χ1v) is 8.59. The number of nitrogens with zero attached hydrogens (tertiary/aromatic N) is 4. The van der Waals surface area contributed by atoms with Gasteiger partial charge in [-0.1, -0.05) is 19.8 Å². The lowest BCUT2D eigenvalue weighted by Gasteiger charge is -2.29. The Morgan fingerprint density at radius 1 is 1.32 bits per heavy atom. The molecule has 8 nitrogen and oxygen atoms in total. The normalized spacial score (nSPS) is 20.1. The van der Waals surface area contributed by atoms with E-state index in [1.54, 1.807) is 36.9 Å². The summed E-state index contributed by atoms with van der Waals surface area (Å²) in [7, 11) is 1.59. The van der Waals surface area contributed by atoms with Gasteiger partial charge in [-0.2, -0.15) is 4.68 Å². The second kappa shape index (κ2) is 7.50. The lowest BCUT2D eigenvalue weighted by atomic mass is 9.86. The number of carbonyl (C=O) groups excluding carboxylic acids is 1. The van der Waals surface area contributed by atoms with Crippen molar-refractivity contribution in [3.8, 4) is 11.4 Å². The number of nitrogens with one attached hydrogen (secondary N) is 2. The quantitative estimate of drug-likeness (QED) is 0.889. The first-order valence-electron chi connectivity index (χ1n) is 8.59. The molecule has 3 rings (SSSR count). The highest BCUT2D eigenvalue weighted by Gasteiger charge is 2.23. The van der Waals surface area contributed by atoms with Crippen LogP contribution in [0.25, 0.3) is 5.69 Å². The minimum absolute atomic E-state index is 0.191. The van der Waals surface area contributed by atoms with Crippen LogP contribution in [0.3, 0.4) is 0 Å². The van der Waals surface area contributed by atoms with Crippen LogP contribution in [0.1, 0.15) is 38.4 Å². The summed E-state index contributed by atoms with van der Waals surface area (Å²) in [6.07, 6.45) is 4.61. The van der Waals surface area contributed by atoms with E-state index in [9.17, 15) is 4.79 Å². The van der Waals surface area contributed by atoms with Crippen molar-refractivity contribution in [1.29, 1.82) is 0 Å². The number of tetrazole rings is 1. The van der Waals surface area contributed by atoms with Gasteiger partial charge in [-0.05, 0) is 54.3 Å². The SMILES string of the molecule is COc1ccc(NC(=O)N[C@@H]2CCCC[C@@H]2C)cc1-n1nnnc1C. The van der Waals surface area contributed by atoms with Crippen molar-refractivity contribution >= 4 is 11.7 Å². The van der Waals surface area contributed by atoms with Gasteiger partial charge < -0.3 is 15.4 Å². The molecule has 2 N–H and O–H groups in total. The Morgan fingerprint density at radius 2 is 2.12 bits per heavy atom. The van der Waals surface area contributed by atoms with E-state index >= 15 is 0 Å². The van der Waals surface area contributed by atoms with Crippen LogP contribution in [0.5, 0.6) is 5.75 Å². The highest BCUT2D eigenvalue weighted by molar-refractivity contribution is 5.90. The number of urea groups is 1. The molecule has 2 amide bonds. The summed E-state index contributed by atoms with van der Waals surface area (Å²) in [6, 6.07) is 5.42. The zero-order valence-corrected chi connectivity index (χ0v) is 14.8. The third-order valence-electron chi connectivity index (χ3n) is 4.72. The Bertz CT molecular complexity index is 744. The molecular weight excluding hydrogens is 320 g/mol. The van der Waals surface area contributed by atoms with E-state index in [1.807, 2.05) is 0 Å². The van der Waals surface area contributed by atoms with Gasteiger partial charge in [-0.3, -0.25) is 0 Å². The highest BCUT2D eigenvalue weighted by Crippen LogP contribution is 2.27. The molecule has 0 bridgehead atoms. The molecule has 0 aliphatic heterocycles. The van der Waals surface area contributed by atoms with Gasteiger partial charge in [0.2, 0.25) is 0 Å². The number of hydrogen-bond donors (Lipinski definition) is 2. The Labute approximate surface area is 146 Å². The Hall–Kier alpha value is -2.64. The predicted molar refractivity (Wildman–Crippen MR) is 94.0 cm³/mol. The van der Waals surface area contributed by atoms with Crippen molar-refractivity contribution in [3.05, 3.63) is 24.0 Å². The van der Waals surface area contributed by atoms with Crippen LogP contribution < -0.4 is 15.4 Å². The van der Waals surface area contributed by atoms with Crippen LogP contribution in [-0.4, -0.2) is 39.4 Å². The number of amides is 2. The first-order chi connectivity index (χ1) is 12.1. The number of aryl methyl sites for hydroxylation is 1. The highest BCUT2D eigenvalue weighted by atomic mass is 16.5. The number of aromatic nitrogens is 4. The van der Waals surface area contributed by atoms with Crippen molar-refractivity contribution in [2.24, 2.45) is 5.92 Å². The van der Waals surface area contributed by atoms with Crippen molar-refractivity contribution in [2.75, 3.05) is 12.4 Å². The molecule has 1 saturated carbocycles. The van der Waals surface area contributed by atoms with Crippen molar-refractivity contribution in [1.82, 2.24) is 25.5 Å². The van der Waals surface area contributed by atoms with E-state index in [-0.39, 0.29) is 12.1 Å². The summed E-state index contributed by atoms with van der Waals surface area (Å²) in [5, 5.41) is 17.5. The fraction of sp³-hybridized carbons (Fsp3) is 0.529. The minimum atomic E-state index is -0.191. The lowest BCUT2D eigenvalue weighted by molar-refractivity contribution is 0.232. The zero-order valence-electron chi connectivity index (χ0n) is 14.8. The number of benzene rings is 1. The third-order valence-corrected chi connectivity index (χ3v) is 4.72. The fourth-order valence-corrected chi connectivity index (χ4v) is 3.25. The monoisotopic (exact) mass is 344 g/mol. The Kier molecular flexibility index (Phi) is 5.16. The molecule has 0 unspecified atom stereocenters. The van der Waals surface area contributed by atoms with E-state index in [0.29, 0.717) is 28.9 Å².